The Balaban J connectivity index is 2.02. The monoisotopic (exact) mass is 391 g/mol. The van der Waals surface area contributed by atoms with Crippen molar-refractivity contribution in [1.29, 1.82) is 5.26 Å². The number of nitrogens with zero attached hydrogens (tertiary/aromatic N) is 3. The summed E-state index contributed by atoms with van der Waals surface area (Å²) >= 11 is 12.0. The predicted octanol–water partition coefficient (Wildman–Crippen LogP) is 3.11. The van der Waals surface area contributed by atoms with Crippen molar-refractivity contribution in [2.45, 2.75) is 6.92 Å². The Morgan fingerprint density at radius 3 is 2.73 bits per heavy atom. The van der Waals surface area contributed by atoms with E-state index in [9.17, 15) is 14.9 Å². The van der Waals surface area contributed by atoms with E-state index in [4.69, 9.17) is 27.7 Å². The Kier molecular flexibility index (Phi) is 4.59. The lowest BCUT2D eigenvalue weighted by molar-refractivity contribution is 0.101. The molecule has 0 spiro atoms. The molecule has 1 aromatic carbocycles. The molecule has 26 heavy (non-hydrogen) atoms. The third-order valence-electron chi connectivity index (χ3n) is 3.79. The molecule has 0 saturated heterocycles. The Morgan fingerprint density at radius 2 is 2.15 bits per heavy atom. The Morgan fingerprint density at radius 1 is 1.42 bits per heavy atom. The fourth-order valence-electron chi connectivity index (χ4n) is 2.35. The standard InChI is InChI=1S/C16H11Cl2N5O3/c1-7-12(16(25)21-23(7)2)20-15(24)13-10(6-19)14(26-22-13)9-4-3-8(17)5-11(9)18/h3-5H,1-2H3,(H,20,24)(H,21,25). The van der Waals surface area contributed by atoms with Gasteiger partial charge >= 0.3 is 0 Å². The molecule has 2 heterocycles. The van der Waals surface area contributed by atoms with Crippen LogP contribution in [0.25, 0.3) is 11.3 Å². The average molecular weight is 392 g/mol. The normalized spacial score (nSPS) is 10.6. The topological polar surface area (TPSA) is 117 Å². The van der Waals surface area contributed by atoms with Gasteiger partial charge in [-0.1, -0.05) is 28.4 Å². The molecule has 1 amide bonds. The summed E-state index contributed by atoms with van der Waals surface area (Å²) in [6.07, 6.45) is 0. The summed E-state index contributed by atoms with van der Waals surface area (Å²) in [5.41, 5.74) is 0.129. The fraction of sp³-hybridized carbons (Fsp3) is 0.125. The summed E-state index contributed by atoms with van der Waals surface area (Å²) in [6.45, 7) is 1.65. The van der Waals surface area contributed by atoms with Gasteiger partial charge in [-0.3, -0.25) is 19.4 Å². The van der Waals surface area contributed by atoms with E-state index in [-0.39, 0.29) is 27.7 Å². The second-order valence-electron chi connectivity index (χ2n) is 5.39. The summed E-state index contributed by atoms with van der Waals surface area (Å²) < 4.78 is 6.63. The summed E-state index contributed by atoms with van der Waals surface area (Å²) in [5.74, 6) is -0.709. The van der Waals surface area contributed by atoms with Crippen molar-refractivity contribution in [2.24, 2.45) is 7.05 Å². The van der Waals surface area contributed by atoms with Gasteiger partial charge in [0, 0.05) is 17.6 Å². The molecule has 0 aliphatic carbocycles. The van der Waals surface area contributed by atoms with Crippen molar-refractivity contribution >= 4 is 34.8 Å². The number of carbonyl (C=O) groups is 1. The van der Waals surface area contributed by atoms with E-state index in [1.165, 1.54) is 10.7 Å². The van der Waals surface area contributed by atoms with Crippen LogP contribution in [0.5, 0.6) is 0 Å². The third-order valence-corrected chi connectivity index (χ3v) is 4.34. The van der Waals surface area contributed by atoms with Crippen LogP contribution in [0.4, 0.5) is 5.69 Å². The number of hydrogen-bond donors (Lipinski definition) is 2. The molecular weight excluding hydrogens is 381 g/mol. The maximum absolute atomic E-state index is 12.5. The lowest BCUT2D eigenvalue weighted by atomic mass is 10.1. The van der Waals surface area contributed by atoms with E-state index in [0.717, 1.165) is 0 Å². The van der Waals surface area contributed by atoms with Gasteiger partial charge in [-0.25, -0.2) is 0 Å². The van der Waals surface area contributed by atoms with Crippen LogP contribution in [0.1, 0.15) is 21.7 Å². The number of nitriles is 1. The van der Waals surface area contributed by atoms with Crippen LogP contribution in [-0.4, -0.2) is 20.8 Å². The minimum Gasteiger partial charge on any atom is -0.354 e. The molecule has 3 rings (SSSR count). The van der Waals surface area contributed by atoms with Crippen LogP contribution in [-0.2, 0) is 7.05 Å². The number of hydrogen-bond acceptors (Lipinski definition) is 5. The lowest BCUT2D eigenvalue weighted by Crippen LogP contribution is -2.18. The maximum Gasteiger partial charge on any atom is 0.288 e. The van der Waals surface area contributed by atoms with Gasteiger partial charge in [0.15, 0.2) is 11.5 Å². The molecule has 0 saturated carbocycles. The van der Waals surface area contributed by atoms with Gasteiger partial charge < -0.3 is 9.84 Å². The van der Waals surface area contributed by atoms with E-state index in [0.29, 0.717) is 16.3 Å². The molecule has 132 valence electrons. The highest BCUT2D eigenvalue weighted by Crippen LogP contribution is 2.33. The SMILES string of the molecule is Cc1c(NC(=O)c2noc(-c3ccc(Cl)cc3Cl)c2C#N)c(=O)[nH]n1C. The molecule has 2 aromatic heterocycles. The van der Waals surface area contributed by atoms with Crippen molar-refractivity contribution in [3.63, 3.8) is 0 Å². The van der Waals surface area contributed by atoms with E-state index in [2.05, 4.69) is 15.6 Å². The van der Waals surface area contributed by atoms with Gasteiger partial charge in [0.2, 0.25) is 0 Å². The van der Waals surface area contributed by atoms with Crippen molar-refractivity contribution < 1.29 is 9.32 Å². The number of halogens is 2. The van der Waals surface area contributed by atoms with Crippen molar-refractivity contribution in [3.8, 4) is 17.4 Å². The van der Waals surface area contributed by atoms with Crippen LogP contribution < -0.4 is 10.9 Å². The summed E-state index contributed by atoms with van der Waals surface area (Å²) in [4.78, 5) is 24.3. The van der Waals surface area contributed by atoms with Gasteiger partial charge in [-0.15, -0.1) is 0 Å². The van der Waals surface area contributed by atoms with Crippen molar-refractivity contribution in [1.82, 2.24) is 14.9 Å². The zero-order valence-corrected chi connectivity index (χ0v) is 15.1. The number of carbonyl (C=O) groups excluding carboxylic acids is 1. The molecule has 0 bridgehead atoms. The molecule has 0 radical (unpaired) electrons. The average Bonchev–Trinajstić information content (AvgIpc) is 3.11. The van der Waals surface area contributed by atoms with Crippen LogP contribution >= 0.6 is 23.2 Å². The highest BCUT2D eigenvalue weighted by molar-refractivity contribution is 6.36. The van der Waals surface area contributed by atoms with Gasteiger partial charge in [0.1, 0.15) is 17.3 Å². The van der Waals surface area contributed by atoms with Crippen LogP contribution in [0, 0.1) is 18.3 Å². The predicted molar refractivity (Wildman–Crippen MR) is 95.4 cm³/mol. The molecule has 3 aromatic rings. The Labute approximate surface area is 156 Å². The number of aryl methyl sites for hydroxylation is 1. The number of aromatic nitrogens is 3. The second kappa shape index (κ2) is 6.71. The first-order chi connectivity index (χ1) is 12.3. The fourth-order valence-corrected chi connectivity index (χ4v) is 2.84. The number of rotatable bonds is 3. The summed E-state index contributed by atoms with van der Waals surface area (Å²) in [5, 5.41) is 18.7. The number of nitrogens with one attached hydrogen (secondary N) is 2. The lowest BCUT2D eigenvalue weighted by Gasteiger charge is -2.02. The molecule has 2 N–H and O–H groups in total. The number of H-pyrrole nitrogens is 1. The first-order valence-corrected chi connectivity index (χ1v) is 8.01. The Bertz CT molecular complexity index is 1120. The molecule has 10 heteroatoms. The Hall–Kier alpha value is -3.02. The van der Waals surface area contributed by atoms with Crippen LogP contribution in [0.2, 0.25) is 10.0 Å². The van der Waals surface area contributed by atoms with E-state index >= 15 is 0 Å². The van der Waals surface area contributed by atoms with Gasteiger partial charge in [-0.05, 0) is 25.1 Å². The molecule has 0 aliphatic rings. The first-order valence-electron chi connectivity index (χ1n) is 7.25. The molecule has 0 atom stereocenters. The minimum atomic E-state index is -0.749. The zero-order valence-electron chi connectivity index (χ0n) is 13.6. The molecule has 0 fully saturated rings. The molecule has 0 aliphatic heterocycles. The molecular formula is C16H11Cl2N5O3. The zero-order chi connectivity index (χ0) is 19.0. The van der Waals surface area contributed by atoms with E-state index < -0.39 is 11.5 Å². The number of benzene rings is 1. The number of aromatic amines is 1. The number of amides is 1. The number of anilines is 1. The molecule has 0 unspecified atom stereocenters. The van der Waals surface area contributed by atoms with Gasteiger partial charge in [-0.2, -0.15) is 5.26 Å². The summed E-state index contributed by atoms with van der Waals surface area (Å²) in [7, 11) is 1.63. The van der Waals surface area contributed by atoms with Gasteiger partial charge in [0.25, 0.3) is 11.5 Å². The van der Waals surface area contributed by atoms with Crippen molar-refractivity contribution in [3.05, 3.63) is 55.5 Å². The smallest absolute Gasteiger partial charge is 0.288 e. The van der Waals surface area contributed by atoms with Crippen LogP contribution in [0.3, 0.4) is 0 Å². The third kappa shape index (κ3) is 2.98. The quantitative estimate of drug-likeness (QED) is 0.710. The summed E-state index contributed by atoms with van der Waals surface area (Å²) in [6, 6.07) is 6.49. The van der Waals surface area contributed by atoms with Crippen molar-refractivity contribution in [2.75, 3.05) is 5.32 Å². The second-order valence-corrected chi connectivity index (χ2v) is 6.23. The van der Waals surface area contributed by atoms with E-state index in [1.54, 1.807) is 26.1 Å². The maximum atomic E-state index is 12.5. The highest BCUT2D eigenvalue weighted by Gasteiger charge is 2.26. The van der Waals surface area contributed by atoms with E-state index in [1.807, 2.05) is 6.07 Å². The largest absolute Gasteiger partial charge is 0.354 e. The van der Waals surface area contributed by atoms with Crippen LogP contribution in [0.15, 0.2) is 27.5 Å². The molecule has 8 nitrogen and oxygen atoms in total. The highest BCUT2D eigenvalue weighted by atomic mass is 35.5. The first kappa shape index (κ1) is 17.8. The minimum absolute atomic E-state index is 0.0398. The van der Waals surface area contributed by atoms with Gasteiger partial charge in [0.05, 0.1) is 10.7 Å².